The van der Waals surface area contributed by atoms with Crippen LogP contribution < -0.4 is 5.56 Å². The van der Waals surface area contributed by atoms with Crippen molar-refractivity contribution in [2.75, 3.05) is 26.2 Å². The Morgan fingerprint density at radius 1 is 1.38 bits per heavy atom. The minimum atomic E-state index is -0.444. The van der Waals surface area contributed by atoms with Crippen molar-refractivity contribution < 1.29 is 14.3 Å². The molecule has 2 amide bonds. The number of pyridine rings is 1. The Hall–Kier alpha value is -2.31. The van der Waals surface area contributed by atoms with Crippen LogP contribution in [0.3, 0.4) is 0 Å². The van der Waals surface area contributed by atoms with E-state index in [1.807, 2.05) is 6.92 Å². The molecule has 2 saturated heterocycles. The molecule has 21 heavy (non-hydrogen) atoms. The standard InChI is InChI=1S/C14H17N3O4/c1-2-14-8-16(6-7-17(14)13(20)21-9-14)12(19)10-4-3-5-11(18)15-10/h3-5H,2,6-9H2,1H3,(H,15,18). The van der Waals surface area contributed by atoms with Crippen molar-refractivity contribution >= 4 is 12.0 Å². The summed E-state index contributed by atoms with van der Waals surface area (Å²) in [6, 6.07) is 4.51. The van der Waals surface area contributed by atoms with E-state index in [4.69, 9.17) is 4.74 Å². The number of fused-ring (bicyclic) bond motifs is 1. The summed E-state index contributed by atoms with van der Waals surface area (Å²) < 4.78 is 5.14. The van der Waals surface area contributed by atoms with Crippen molar-refractivity contribution in [2.45, 2.75) is 18.9 Å². The predicted octanol–water partition coefficient (Wildman–Crippen LogP) is 0.432. The van der Waals surface area contributed by atoms with Crippen LogP contribution in [0.2, 0.25) is 0 Å². The molecular weight excluding hydrogens is 274 g/mol. The summed E-state index contributed by atoms with van der Waals surface area (Å²) in [7, 11) is 0. The number of cyclic esters (lactones) is 1. The lowest BCUT2D eigenvalue weighted by molar-refractivity contribution is 0.0357. The average molecular weight is 291 g/mol. The van der Waals surface area contributed by atoms with E-state index in [2.05, 4.69) is 4.98 Å². The molecule has 1 aromatic rings. The number of rotatable bonds is 2. The zero-order chi connectivity index (χ0) is 15.0. The van der Waals surface area contributed by atoms with Gasteiger partial charge >= 0.3 is 6.09 Å². The average Bonchev–Trinajstić information content (AvgIpc) is 2.84. The molecule has 2 fully saturated rings. The van der Waals surface area contributed by atoms with Crippen molar-refractivity contribution in [3.05, 3.63) is 34.2 Å². The summed E-state index contributed by atoms with van der Waals surface area (Å²) in [6.45, 7) is 3.60. The molecule has 112 valence electrons. The number of aromatic amines is 1. The molecule has 7 heteroatoms. The molecule has 0 aliphatic carbocycles. The number of hydrogen-bond acceptors (Lipinski definition) is 4. The highest BCUT2D eigenvalue weighted by Crippen LogP contribution is 2.32. The van der Waals surface area contributed by atoms with E-state index in [1.54, 1.807) is 21.9 Å². The van der Waals surface area contributed by atoms with Crippen molar-refractivity contribution in [2.24, 2.45) is 0 Å². The van der Waals surface area contributed by atoms with Crippen LogP contribution in [0.4, 0.5) is 4.79 Å². The van der Waals surface area contributed by atoms with Gasteiger partial charge in [-0.25, -0.2) is 4.79 Å². The third-order valence-electron chi connectivity index (χ3n) is 4.28. The number of nitrogens with zero attached hydrogens (tertiary/aromatic N) is 2. The van der Waals surface area contributed by atoms with Crippen LogP contribution in [0.1, 0.15) is 23.8 Å². The van der Waals surface area contributed by atoms with Crippen LogP contribution in [0.5, 0.6) is 0 Å². The Morgan fingerprint density at radius 2 is 2.19 bits per heavy atom. The molecule has 7 nitrogen and oxygen atoms in total. The van der Waals surface area contributed by atoms with Gasteiger partial charge in [0, 0.05) is 25.7 Å². The first-order chi connectivity index (χ1) is 10.1. The normalized spacial score (nSPS) is 24.7. The summed E-state index contributed by atoms with van der Waals surface area (Å²) in [6.07, 6.45) is 0.408. The molecule has 1 aromatic heterocycles. The molecule has 2 aliphatic rings. The number of ether oxygens (including phenoxy) is 1. The first-order valence-corrected chi connectivity index (χ1v) is 6.99. The lowest BCUT2D eigenvalue weighted by Gasteiger charge is -2.44. The Bertz CT molecular complexity index is 641. The first kappa shape index (κ1) is 13.7. The lowest BCUT2D eigenvalue weighted by atomic mass is 9.92. The van der Waals surface area contributed by atoms with Gasteiger partial charge in [-0.15, -0.1) is 0 Å². The van der Waals surface area contributed by atoms with Gasteiger partial charge in [0.15, 0.2) is 0 Å². The maximum atomic E-state index is 12.5. The summed E-state index contributed by atoms with van der Waals surface area (Å²) in [5, 5.41) is 0. The second-order valence-electron chi connectivity index (χ2n) is 5.44. The van der Waals surface area contributed by atoms with Gasteiger partial charge in [-0.05, 0) is 12.5 Å². The lowest BCUT2D eigenvalue weighted by Crippen LogP contribution is -2.62. The van der Waals surface area contributed by atoms with Gasteiger partial charge in [0.2, 0.25) is 5.56 Å². The third-order valence-corrected chi connectivity index (χ3v) is 4.28. The molecule has 3 heterocycles. The van der Waals surface area contributed by atoms with E-state index in [0.29, 0.717) is 32.7 Å². The number of piperazine rings is 1. The number of amides is 2. The molecule has 1 atom stereocenters. The number of carbonyl (C=O) groups excluding carboxylic acids is 2. The second-order valence-corrected chi connectivity index (χ2v) is 5.44. The number of hydrogen-bond donors (Lipinski definition) is 1. The fourth-order valence-corrected chi connectivity index (χ4v) is 2.98. The summed E-state index contributed by atoms with van der Waals surface area (Å²) in [5.41, 5.74) is -0.475. The van der Waals surface area contributed by atoms with Crippen LogP contribution in [-0.4, -0.2) is 58.6 Å². The highest BCUT2D eigenvalue weighted by atomic mass is 16.6. The van der Waals surface area contributed by atoms with Gasteiger partial charge in [0.05, 0.1) is 5.54 Å². The van der Waals surface area contributed by atoms with Crippen LogP contribution in [-0.2, 0) is 4.74 Å². The number of nitrogens with one attached hydrogen (secondary N) is 1. The van der Waals surface area contributed by atoms with E-state index < -0.39 is 5.54 Å². The molecule has 0 radical (unpaired) electrons. The smallest absolute Gasteiger partial charge is 0.410 e. The minimum absolute atomic E-state index is 0.223. The quantitative estimate of drug-likeness (QED) is 0.856. The molecule has 0 aromatic carbocycles. The number of carbonyl (C=O) groups is 2. The zero-order valence-electron chi connectivity index (χ0n) is 11.8. The van der Waals surface area contributed by atoms with Crippen molar-refractivity contribution in [1.29, 1.82) is 0 Å². The van der Waals surface area contributed by atoms with Gasteiger partial charge in [0.1, 0.15) is 12.3 Å². The molecule has 1 unspecified atom stereocenters. The SMILES string of the molecule is CCC12COC(=O)N1CCN(C(=O)c1cccc(=O)[nH]1)C2. The summed E-state index contributed by atoms with van der Waals surface area (Å²) in [4.78, 5) is 41.5. The Labute approximate surface area is 121 Å². The van der Waals surface area contributed by atoms with Gasteiger partial charge in [0.25, 0.3) is 5.91 Å². The van der Waals surface area contributed by atoms with E-state index in [9.17, 15) is 14.4 Å². The largest absolute Gasteiger partial charge is 0.447 e. The van der Waals surface area contributed by atoms with Crippen LogP contribution in [0.25, 0.3) is 0 Å². The van der Waals surface area contributed by atoms with Gasteiger partial charge in [-0.2, -0.15) is 0 Å². The Balaban J connectivity index is 1.83. The van der Waals surface area contributed by atoms with Gasteiger partial charge in [-0.1, -0.05) is 13.0 Å². The third kappa shape index (κ3) is 2.18. The molecular formula is C14H17N3O4. The Morgan fingerprint density at radius 3 is 2.90 bits per heavy atom. The highest BCUT2D eigenvalue weighted by Gasteiger charge is 2.50. The topological polar surface area (TPSA) is 82.7 Å². The van der Waals surface area contributed by atoms with Crippen molar-refractivity contribution in [3.63, 3.8) is 0 Å². The number of aromatic nitrogens is 1. The highest BCUT2D eigenvalue weighted by molar-refractivity contribution is 5.92. The van der Waals surface area contributed by atoms with E-state index in [-0.39, 0.29) is 23.3 Å². The minimum Gasteiger partial charge on any atom is -0.447 e. The monoisotopic (exact) mass is 291 g/mol. The van der Waals surface area contributed by atoms with Gasteiger partial charge < -0.3 is 14.6 Å². The number of H-pyrrole nitrogens is 1. The van der Waals surface area contributed by atoms with Crippen LogP contribution in [0.15, 0.2) is 23.0 Å². The van der Waals surface area contributed by atoms with E-state index >= 15 is 0 Å². The molecule has 3 rings (SSSR count). The molecule has 2 aliphatic heterocycles. The first-order valence-electron chi connectivity index (χ1n) is 6.99. The maximum absolute atomic E-state index is 12.5. The van der Waals surface area contributed by atoms with Crippen LogP contribution >= 0.6 is 0 Å². The van der Waals surface area contributed by atoms with E-state index in [1.165, 1.54) is 6.07 Å². The van der Waals surface area contributed by atoms with Crippen molar-refractivity contribution in [1.82, 2.24) is 14.8 Å². The second kappa shape index (κ2) is 4.91. The Kier molecular flexibility index (Phi) is 3.19. The zero-order valence-corrected chi connectivity index (χ0v) is 11.8. The molecule has 0 spiro atoms. The summed E-state index contributed by atoms with van der Waals surface area (Å²) in [5.74, 6) is -0.223. The maximum Gasteiger partial charge on any atom is 0.410 e. The molecule has 1 N–H and O–H groups in total. The molecule has 0 saturated carbocycles. The summed E-state index contributed by atoms with van der Waals surface area (Å²) >= 11 is 0. The predicted molar refractivity (Wildman–Crippen MR) is 74.0 cm³/mol. The van der Waals surface area contributed by atoms with Gasteiger partial charge in [-0.3, -0.25) is 14.5 Å². The van der Waals surface area contributed by atoms with E-state index in [0.717, 1.165) is 0 Å². The fourth-order valence-electron chi connectivity index (χ4n) is 2.98. The molecule has 0 bridgehead atoms. The van der Waals surface area contributed by atoms with Crippen LogP contribution in [0, 0.1) is 0 Å². The van der Waals surface area contributed by atoms with Crippen molar-refractivity contribution in [3.8, 4) is 0 Å². The fraction of sp³-hybridized carbons (Fsp3) is 0.500.